The van der Waals surface area contributed by atoms with Crippen molar-refractivity contribution in [2.75, 3.05) is 5.73 Å². The highest BCUT2D eigenvalue weighted by atomic mass is 15.0. The van der Waals surface area contributed by atoms with E-state index in [2.05, 4.69) is 37.7 Å². The Labute approximate surface area is 119 Å². The van der Waals surface area contributed by atoms with Crippen LogP contribution in [0.4, 0.5) is 5.69 Å². The summed E-state index contributed by atoms with van der Waals surface area (Å²) in [5.74, 6) is 0. The van der Waals surface area contributed by atoms with E-state index in [1.807, 2.05) is 6.07 Å². The molecule has 0 aliphatic heterocycles. The number of hydrogen-bond donors (Lipinski definition) is 1. The fourth-order valence-electron chi connectivity index (χ4n) is 2.82. The van der Waals surface area contributed by atoms with E-state index in [0.717, 1.165) is 5.69 Å². The SMILES string of the molecule is CCCCCCC(C)(CCCCC)n1ccc(N)c1. The van der Waals surface area contributed by atoms with Crippen LogP contribution >= 0.6 is 0 Å². The fraction of sp³-hybridized carbons (Fsp3) is 0.765. The van der Waals surface area contributed by atoms with E-state index in [-0.39, 0.29) is 5.54 Å². The maximum atomic E-state index is 5.89. The second-order valence-corrected chi connectivity index (χ2v) is 6.12. The van der Waals surface area contributed by atoms with Crippen LogP contribution in [0.15, 0.2) is 18.5 Å². The van der Waals surface area contributed by atoms with E-state index < -0.39 is 0 Å². The van der Waals surface area contributed by atoms with Crippen LogP contribution in [0.1, 0.15) is 78.6 Å². The molecule has 1 unspecified atom stereocenters. The van der Waals surface area contributed by atoms with Gasteiger partial charge in [-0.1, -0.05) is 58.8 Å². The molecule has 0 amide bonds. The quantitative estimate of drug-likeness (QED) is 0.568. The summed E-state index contributed by atoms with van der Waals surface area (Å²) in [6.07, 6.45) is 16.1. The number of unbranched alkanes of at least 4 members (excludes halogenated alkanes) is 5. The first-order chi connectivity index (χ1) is 9.12. The second-order valence-electron chi connectivity index (χ2n) is 6.12. The molecule has 1 rings (SSSR count). The van der Waals surface area contributed by atoms with Gasteiger partial charge in [0, 0.05) is 23.6 Å². The number of nitrogen functional groups attached to an aromatic ring is 1. The number of aromatic nitrogens is 1. The average Bonchev–Trinajstić information content (AvgIpc) is 2.82. The van der Waals surface area contributed by atoms with E-state index in [0.29, 0.717) is 0 Å². The lowest BCUT2D eigenvalue weighted by Gasteiger charge is -2.32. The highest BCUT2D eigenvalue weighted by Crippen LogP contribution is 2.31. The number of anilines is 1. The van der Waals surface area contributed by atoms with E-state index in [1.165, 1.54) is 57.8 Å². The molecule has 0 aliphatic carbocycles. The minimum absolute atomic E-state index is 0.251. The second kappa shape index (κ2) is 8.29. The van der Waals surface area contributed by atoms with Gasteiger partial charge in [-0.15, -0.1) is 0 Å². The maximum Gasteiger partial charge on any atom is 0.0493 e. The number of hydrogen-bond acceptors (Lipinski definition) is 1. The predicted octanol–water partition coefficient (Wildman–Crippen LogP) is 5.34. The zero-order chi connectivity index (χ0) is 14.1. The van der Waals surface area contributed by atoms with Crippen LogP contribution in [0.3, 0.4) is 0 Å². The van der Waals surface area contributed by atoms with Crippen molar-refractivity contribution in [1.29, 1.82) is 0 Å². The molecule has 0 radical (unpaired) electrons. The Hall–Kier alpha value is -0.920. The molecule has 1 heterocycles. The Kier molecular flexibility index (Phi) is 7.04. The summed E-state index contributed by atoms with van der Waals surface area (Å²) in [5.41, 5.74) is 7.02. The van der Waals surface area contributed by atoms with Gasteiger partial charge in [-0.2, -0.15) is 0 Å². The van der Waals surface area contributed by atoms with Crippen LogP contribution in [-0.4, -0.2) is 4.57 Å². The highest BCUT2D eigenvalue weighted by molar-refractivity contribution is 5.35. The Morgan fingerprint density at radius 2 is 1.58 bits per heavy atom. The van der Waals surface area contributed by atoms with E-state index in [1.54, 1.807) is 0 Å². The summed E-state index contributed by atoms with van der Waals surface area (Å²) in [5, 5.41) is 0. The van der Waals surface area contributed by atoms with Gasteiger partial charge in [-0.25, -0.2) is 0 Å². The predicted molar refractivity (Wildman–Crippen MR) is 85.4 cm³/mol. The molecule has 110 valence electrons. The summed E-state index contributed by atoms with van der Waals surface area (Å²) < 4.78 is 2.35. The monoisotopic (exact) mass is 264 g/mol. The minimum Gasteiger partial charge on any atom is -0.398 e. The molecular formula is C17H32N2. The van der Waals surface area contributed by atoms with Crippen LogP contribution in [0, 0.1) is 0 Å². The summed E-state index contributed by atoms with van der Waals surface area (Å²) >= 11 is 0. The van der Waals surface area contributed by atoms with Gasteiger partial charge in [0.15, 0.2) is 0 Å². The van der Waals surface area contributed by atoms with Gasteiger partial charge in [-0.3, -0.25) is 0 Å². The van der Waals surface area contributed by atoms with Crippen molar-refractivity contribution in [2.45, 2.75) is 84.1 Å². The smallest absolute Gasteiger partial charge is 0.0493 e. The number of nitrogens with two attached hydrogens (primary N) is 1. The third-order valence-electron chi connectivity index (χ3n) is 4.23. The Morgan fingerprint density at radius 1 is 1.00 bits per heavy atom. The first-order valence-corrected chi connectivity index (χ1v) is 8.06. The van der Waals surface area contributed by atoms with Crippen LogP contribution < -0.4 is 5.73 Å². The summed E-state index contributed by atoms with van der Waals surface area (Å²) in [6, 6.07) is 2.02. The van der Waals surface area contributed by atoms with E-state index in [4.69, 9.17) is 5.73 Å². The van der Waals surface area contributed by atoms with Gasteiger partial charge in [0.1, 0.15) is 0 Å². The Balaban J connectivity index is 2.60. The van der Waals surface area contributed by atoms with Gasteiger partial charge in [0.05, 0.1) is 0 Å². The molecule has 1 aromatic rings. The fourth-order valence-corrected chi connectivity index (χ4v) is 2.82. The van der Waals surface area contributed by atoms with Gasteiger partial charge in [0.25, 0.3) is 0 Å². The van der Waals surface area contributed by atoms with E-state index >= 15 is 0 Å². The van der Waals surface area contributed by atoms with Crippen molar-refractivity contribution in [2.24, 2.45) is 0 Å². The molecule has 2 nitrogen and oxygen atoms in total. The van der Waals surface area contributed by atoms with Crippen LogP contribution in [0.2, 0.25) is 0 Å². The molecule has 1 atom stereocenters. The Morgan fingerprint density at radius 3 is 2.11 bits per heavy atom. The molecule has 0 fully saturated rings. The summed E-state index contributed by atoms with van der Waals surface area (Å²) in [6.45, 7) is 6.94. The lowest BCUT2D eigenvalue weighted by Crippen LogP contribution is -2.29. The molecule has 0 saturated carbocycles. The molecule has 2 heteroatoms. The number of nitrogens with zero attached hydrogens (tertiary/aromatic N) is 1. The molecule has 0 bridgehead atoms. The average molecular weight is 264 g/mol. The standard InChI is InChI=1S/C17H32N2/c1-4-6-8-10-13-17(3,12-9-7-5-2)19-14-11-16(18)15-19/h11,14-15H,4-10,12-13,18H2,1-3H3. The molecule has 0 aliphatic rings. The van der Waals surface area contributed by atoms with Crippen LogP contribution in [-0.2, 0) is 5.54 Å². The van der Waals surface area contributed by atoms with Gasteiger partial charge in [0.2, 0.25) is 0 Å². The normalized spacial score (nSPS) is 14.5. The topological polar surface area (TPSA) is 30.9 Å². The maximum absolute atomic E-state index is 5.89. The van der Waals surface area contributed by atoms with Crippen molar-refractivity contribution in [3.8, 4) is 0 Å². The van der Waals surface area contributed by atoms with Crippen molar-refractivity contribution in [3.63, 3.8) is 0 Å². The van der Waals surface area contributed by atoms with Crippen molar-refractivity contribution >= 4 is 5.69 Å². The van der Waals surface area contributed by atoms with Crippen molar-refractivity contribution in [1.82, 2.24) is 4.57 Å². The third kappa shape index (κ3) is 5.30. The number of rotatable bonds is 10. The Bertz CT molecular complexity index is 343. The van der Waals surface area contributed by atoms with Crippen molar-refractivity contribution in [3.05, 3.63) is 18.5 Å². The summed E-state index contributed by atoms with van der Waals surface area (Å²) in [4.78, 5) is 0. The third-order valence-corrected chi connectivity index (χ3v) is 4.23. The lowest BCUT2D eigenvalue weighted by atomic mass is 9.88. The molecular weight excluding hydrogens is 232 g/mol. The van der Waals surface area contributed by atoms with Gasteiger partial charge in [-0.05, 0) is 25.8 Å². The molecule has 0 aromatic carbocycles. The minimum atomic E-state index is 0.251. The largest absolute Gasteiger partial charge is 0.398 e. The zero-order valence-electron chi connectivity index (χ0n) is 13.1. The first kappa shape index (κ1) is 16.1. The van der Waals surface area contributed by atoms with Crippen LogP contribution in [0.25, 0.3) is 0 Å². The molecule has 0 spiro atoms. The van der Waals surface area contributed by atoms with Crippen LogP contribution in [0.5, 0.6) is 0 Å². The van der Waals surface area contributed by atoms with Gasteiger partial charge >= 0.3 is 0 Å². The van der Waals surface area contributed by atoms with Crippen molar-refractivity contribution < 1.29 is 0 Å². The molecule has 1 aromatic heterocycles. The summed E-state index contributed by atoms with van der Waals surface area (Å²) in [7, 11) is 0. The molecule has 19 heavy (non-hydrogen) atoms. The molecule has 2 N–H and O–H groups in total. The van der Waals surface area contributed by atoms with E-state index in [9.17, 15) is 0 Å². The highest BCUT2D eigenvalue weighted by Gasteiger charge is 2.24. The zero-order valence-corrected chi connectivity index (χ0v) is 13.1. The first-order valence-electron chi connectivity index (χ1n) is 8.06. The molecule has 0 saturated heterocycles. The van der Waals surface area contributed by atoms with Gasteiger partial charge < -0.3 is 10.3 Å². The lowest BCUT2D eigenvalue weighted by molar-refractivity contribution is 0.252.